The highest BCUT2D eigenvalue weighted by Gasteiger charge is 2.11. The average molecular weight is 386 g/mol. The van der Waals surface area contributed by atoms with Crippen molar-refractivity contribution < 1.29 is 13.9 Å². The molecule has 2 aromatic carbocycles. The molecule has 25 heavy (non-hydrogen) atoms. The number of halogens is 3. The molecular weight excluding hydrogens is 364 g/mol. The molecule has 0 amide bonds. The van der Waals surface area contributed by atoms with Crippen LogP contribution in [0.4, 0.5) is 4.39 Å². The molecule has 0 aliphatic carbocycles. The van der Waals surface area contributed by atoms with Crippen LogP contribution in [0.1, 0.15) is 11.1 Å². The van der Waals surface area contributed by atoms with Crippen LogP contribution in [0, 0.1) is 5.82 Å². The standard InChI is InChI=1S/C19H21ClFNO2.ClH/c1-3-10-24-19-17(20)11-15(12-18(19)23-2)13-22-9-8-14-4-6-16(21)7-5-14;/h3-7,11-12,22H,1,8-10,13H2,2H3;1H. The Hall–Kier alpha value is -1.75. The van der Waals surface area contributed by atoms with Crippen LogP contribution in [0.5, 0.6) is 11.5 Å². The summed E-state index contributed by atoms with van der Waals surface area (Å²) in [6.45, 7) is 5.41. The normalized spacial score (nSPS) is 10.0. The molecule has 0 aliphatic rings. The highest BCUT2D eigenvalue weighted by molar-refractivity contribution is 6.32. The Morgan fingerprint density at radius 2 is 1.92 bits per heavy atom. The molecule has 2 rings (SSSR count). The predicted octanol–water partition coefficient (Wildman–Crippen LogP) is 4.81. The van der Waals surface area contributed by atoms with E-state index in [2.05, 4.69) is 11.9 Å². The molecule has 0 spiro atoms. The molecule has 2 aromatic rings. The lowest BCUT2D eigenvalue weighted by atomic mass is 10.1. The first kappa shape index (κ1) is 21.3. The number of hydrogen-bond acceptors (Lipinski definition) is 3. The summed E-state index contributed by atoms with van der Waals surface area (Å²) >= 11 is 6.27. The summed E-state index contributed by atoms with van der Waals surface area (Å²) in [7, 11) is 1.58. The van der Waals surface area contributed by atoms with E-state index >= 15 is 0 Å². The molecule has 0 heterocycles. The summed E-state index contributed by atoms with van der Waals surface area (Å²) in [6, 6.07) is 10.3. The molecular formula is C19H22Cl2FNO2. The van der Waals surface area contributed by atoms with Gasteiger partial charge in [0.2, 0.25) is 0 Å². The van der Waals surface area contributed by atoms with Gasteiger partial charge in [0.25, 0.3) is 0 Å². The third-order valence-electron chi connectivity index (χ3n) is 3.47. The first-order valence-electron chi connectivity index (χ1n) is 7.69. The lowest BCUT2D eigenvalue weighted by Gasteiger charge is -2.13. The van der Waals surface area contributed by atoms with E-state index in [1.165, 1.54) is 12.1 Å². The number of nitrogens with one attached hydrogen (secondary N) is 1. The number of benzene rings is 2. The van der Waals surface area contributed by atoms with E-state index in [1.807, 2.05) is 12.1 Å². The molecule has 6 heteroatoms. The van der Waals surface area contributed by atoms with E-state index in [0.717, 1.165) is 24.1 Å². The average Bonchev–Trinajstić information content (AvgIpc) is 2.59. The van der Waals surface area contributed by atoms with Crippen molar-refractivity contribution in [1.82, 2.24) is 5.32 Å². The molecule has 0 bridgehead atoms. The van der Waals surface area contributed by atoms with Crippen LogP contribution >= 0.6 is 24.0 Å². The number of rotatable bonds is 9. The quantitative estimate of drug-likeness (QED) is 0.496. The lowest BCUT2D eigenvalue weighted by molar-refractivity contribution is 0.326. The van der Waals surface area contributed by atoms with Gasteiger partial charge in [0, 0.05) is 6.54 Å². The molecule has 0 saturated heterocycles. The van der Waals surface area contributed by atoms with Gasteiger partial charge >= 0.3 is 0 Å². The highest BCUT2D eigenvalue weighted by atomic mass is 35.5. The number of methoxy groups -OCH3 is 1. The van der Waals surface area contributed by atoms with Gasteiger partial charge in [-0.25, -0.2) is 4.39 Å². The summed E-state index contributed by atoms with van der Waals surface area (Å²) in [6.07, 6.45) is 2.48. The van der Waals surface area contributed by atoms with Crippen molar-refractivity contribution in [3.8, 4) is 11.5 Å². The third kappa shape index (κ3) is 6.58. The van der Waals surface area contributed by atoms with Crippen LogP contribution in [0.15, 0.2) is 49.1 Å². The van der Waals surface area contributed by atoms with Crippen molar-refractivity contribution in [3.05, 3.63) is 71.0 Å². The molecule has 0 aliphatic heterocycles. The molecule has 0 aromatic heterocycles. The van der Waals surface area contributed by atoms with E-state index in [1.54, 1.807) is 25.3 Å². The zero-order chi connectivity index (χ0) is 17.4. The second kappa shape index (κ2) is 11.0. The van der Waals surface area contributed by atoms with E-state index in [-0.39, 0.29) is 18.2 Å². The van der Waals surface area contributed by atoms with Crippen LogP contribution in [-0.2, 0) is 13.0 Å². The van der Waals surface area contributed by atoms with Crippen molar-refractivity contribution in [2.45, 2.75) is 13.0 Å². The molecule has 0 unspecified atom stereocenters. The maximum absolute atomic E-state index is 12.9. The first-order valence-corrected chi connectivity index (χ1v) is 8.07. The van der Waals surface area contributed by atoms with Crippen molar-refractivity contribution in [3.63, 3.8) is 0 Å². The van der Waals surface area contributed by atoms with Crippen LogP contribution < -0.4 is 14.8 Å². The van der Waals surface area contributed by atoms with Gasteiger partial charge in [0.15, 0.2) is 11.5 Å². The molecule has 136 valence electrons. The van der Waals surface area contributed by atoms with Crippen molar-refractivity contribution in [2.75, 3.05) is 20.3 Å². The molecule has 0 atom stereocenters. The van der Waals surface area contributed by atoms with Gasteiger partial charge < -0.3 is 14.8 Å². The highest BCUT2D eigenvalue weighted by Crippen LogP contribution is 2.36. The maximum Gasteiger partial charge on any atom is 0.180 e. The number of hydrogen-bond donors (Lipinski definition) is 1. The SMILES string of the molecule is C=CCOc1c(Cl)cc(CNCCc2ccc(F)cc2)cc1OC.Cl. The summed E-state index contributed by atoms with van der Waals surface area (Å²) in [5.41, 5.74) is 2.09. The van der Waals surface area contributed by atoms with Gasteiger partial charge in [-0.15, -0.1) is 12.4 Å². The Balaban J connectivity index is 0.00000312. The Bertz CT molecular complexity index is 678. The van der Waals surface area contributed by atoms with Crippen LogP contribution in [-0.4, -0.2) is 20.3 Å². The molecule has 0 fully saturated rings. The fraction of sp³-hybridized carbons (Fsp3) is 0.263. The zero-order valence-electron chi connectivity index (χ0n) is 14.1. The predicted molar refractivity (Wildman–Crippen MR) is 103 cm³/mol. The Kier molecular flexibility index (Phi) is 9.35. The van der Waals surface area contributed by atoms with Crippen molar-refractivity contribution in [2.24, 2.45) is 0 Å². The first-order chi connectivity index (χ1) is 11.6. The smallest absolute Gasteiger partial charge is 0.180 e. The minimum atomic E-state index is -0.216. The van der Waals surface area contributed by atoms with Gasteiger partial charge in [-0.05, 0) is 48.4 Å². The molecule has 0 radical (unpaired) electrons. The van der Waals surface area contributed by atoms with E-state index < -0.39 is 0 Å². The third-order valence-corrected chi connectivity index (χ3v) is 3.75. The van der Waals surface area contributed by atoms with Gasteiger partial charge in [-0.3, -0.25) is 0 Å². The lowest BCUT2D eigenvalue weighted by Crippen LogP contribution is -2.16. The van der Waals surface area contributed by atoms with E-state index in [0.29, 0.717) is 29.7 Å². The second-order valence-corrected chi connectivity index (χ2v) is 5.67. The van der Waals surface area contributed by atoms with Gasteiger partial charge in [-0.2, -0.15) is 0 Å². The van der Waals surface area contributed by atoms with Crippen LogP contribution in [0.25, 0.3) is 0 Å². The van der Waals surface area contributed by atoms with Gasteiger partial charge in [0.1, 0.15) is 12.4 Å². The van der Waals surface area contributed by atoms with Crippen molar-refractivity contribution in [1.29, 1.82) is 0 Å². The molecule has 0 saturated carbocycles. The summed E-state index contributed by atoms with van der Waals surface area (Å²) in [5.74, 6) is 0.904. The minimum Gasteiger partial charge on any atom is -0.493 e. The monoisotopic (exact) mass is 385 g/mol. The minimum absolute atomic E-state index is 0. The largest absolute Gasteiger partial charge is 0.493 e. The van der Waals surface area contributed by atoms with Crippen molar-refractivity contribution >= 4 is 24.0 Å². The Morgan fingerprint density at radius 1 is 1.20 bits per heavy atom. The van der Waals surface area contributed by atoms with E-state index in [4.69, 9.17) is 21.1 Å². The fourth-order valence-electron chi connectivity index (χ4n) is 2.27. The molecule has 1 N–H and O–H groups in total. The number of ether oxygens (including phenoxy) is 2. The van der Waals surface area contributed by atoms with E-state index in [9.17, 15) is 4.39 Å². The Morgan fingerprint density at radius 3 is 2.56 bits per heavy atom. The summed E-state index contributed by atoms with van der Waals surface area (Å²) in [4.78, 5) is 0. The van der Waals surface area contributed by atoms with Gasteiger partial charge in [-0.1, -0.05) is 36.4 Å². The molecule has 3 nitrogen and oxygen atoms in total. The topological polar surface area (TPSA) is 30.5 Å². The van der Waals surface area contributed by atoms with Crippen LogP contribution in [0.3, 0.4) is 0 Å². The van der Waals surface area contributed by atoms with Crippen LogP contribution in [0.2, 0.25) is 5.02 Å². The van der Waals surface area contributed by atoms with Gasteiger partial charge in [0.05, 0.1) is 12.1 Å². The Labute approximate surface area is 159 Å². The second-order valence-electron chi connectivity index (χ2n) is 5.26. The fourth-order valence-corrected chi connectivity index (χ4v) is 2.56. The summed E-state index contributed by atoms with van der Waals surface area (Å²) < 4.78 is 23.7. The maximum atomic E-state index is 12.9. The zero-order valence-corrected chi connectivity index (χ0v) is 15.6. The summed E-state index contributed by atoms with van der Waals surface area (Å²) in [5, 5.41) is 3.85.